The smallest absolute Gasteiger partial charge is 0.0751 e. The van der Waals surface area contributed by atoms with Crippen molar-refractivity contribution in [2.24, 2.45) is 0 Å². The van der Waals surface area contributed by atoms with Gasteiger partial charge in [-0.15, -0.1) is 6.58 Å². The fourth-order valence-corrected chi connectivity index (χ4v) is 3.11. The van der Waals surface area contributed by atoms with Gasteiger partial charge in [0.25, 0.3) is 0 Å². The second-order valence-electron chi connectivity index (χ2n) is 5.84. The zero-order chi connectivity index (χ0) is 14.7. The van der Waals surface area contributed by atoms with E-state index in [4.69, 9.17) is 0 Å². The predicted molar refractivity (Wildman–Crippen MR) is 89.8 cm³/mol. The van der Waals surface area contributed by atoms with E-state index in [0.29, 0.717) is 6.04 Å². The van der Waals surface area contributed by atoms with Crippen LogP contribution in [0.15, 0.2) is 43.1 Å². The molecule has 110 valence electrons. The van der Waals surface area contributed by atoms with Crippen molar-refractivity contribution in [3.8, 4) is 0 Å². The van der Waals surface area contributed by atoms with Crippen LogP contribution in [0, 0.1) is 6.92 Å². The maximum Gasteiger partial charge on any atom is 0.0751 e. The molecule has 0 radical (unpaired) electrons. The molecular weight excluding hydrogens is 258 g/mol. The average Bonchev–Trinajstić information content (AvgIpc) is 2.51. The van der Waals surface area contributed by atoms with E-state index in [1.54, 1.807) is 0 Å². The van der Waals surface area contributed by atoms with E-state index in [9.17, 15) is 0 Å². The van der Waals surface area contributed by atoms with Crippen LogP contribution in [0.5, 0.6) is 0 Å². The Labute approximate surface area is 126 Å². The van der Waals surface area contributed by atoms with Crippen LogP contribution in [0.1, 0.15) is 18.4 Å². The Morgan fingerprint density at radius 2 is 2.14 bits per heavy atom. The van der Waals surface area contributed by atoms with Crippen molar-refractivity contribution in [1.82, 2.24) is 9.88 Å². The quantitative estimate of drug-likeness (QED) is 0.868. The second kappa shape index (κ2) is 6.27. The van der Waals surface area contributed by atoms with Gasteiger partial charge in [-0.05, 0) is 31.4 Å². The minimum absolute atomic E-state index is 0.553. The largest absolute Gasteiger partial charge is 0.382 e. The Bertz CT molecular complexity index is 627. The molecule has 21 heavy (non-hydrogen) atoms. The topological polar surface area (TPSA) is 28.2 Å². The first-order valence-electron chi connectivity index (χ1n) is 7.72. The minimum atomic E-state index is 0.553. The molecule has 1 aliphatic rings. The third-order valence-corrected chi connectivity index (χ3v) is 4.31. The maximum absolute atomic E-state index is 4.51. The summed E-state index contributed by atoms with van der Waals surface area (Å²) < 4.78 is 0. The number of pyridine rings is 1. The molecule has 1 aromatic heterocycles. The van der Waals surface area contributed by atoms with E-state index in [1.165, 1.54) is 29.5 Å². The Hall–Kier alpha value is -1.87. The summed E-state index contributed by atoms with van der Waals surface area (Å²) in [5, 5.41) is 4.95. The molecule has 1 saturated heterocycles. The SMILES string of the molecule is C=CCN1CCC(Nc2ccnc3c(C)cccc23)CC1. The normalized spacial score (nSPS) is 17.0. The Morgan fingerprint density at radius 1 is 1.33 bits per heavy atom. The van der Waals surface area contributed by atoms with Crippen LogP contribution in [-0.2, 0) is 0 Å². The van der Waals surface area contributed by atoms with Crippen LogP contribution in [0.3, 0.4) is 0 Å². The van der Waals surface area contributed by atoms with Crippen LogP contribution < -0.4 is 5.32 Å². The summed E-state index contributed by atoms with van der Waals surface area (Å²) in [6.07, 6.45) is 6.27. The van der Waals surface area contributed by atoms with Gasteiger partial charge in [0.15, 0.2) is 0 Å². The standard InChI is InChI=1S/C18H23N3/c1-3-11-21-12-8-15(9-13-21)20-17-7-10-19-18-14(2)5-4-6-16(17)18/h3-7,10,15H,1,8-9,11-13H2,2H3,(H,19,20). The van der Waals surface area contributed by atoms with E-state index in [-0.39, 0.29) is 0 Å². The van der Waals surface area contributed by atoms with Crippen LogP contribution in [0.2, 0.25) is 0 Å². The van der Waals surface area contributed by atoms with Crippen molar-refractivity contribution in [3.63, 3.8) is 0 Å². The summed E-state index contributed by atoms with van der Waals surface area (Å²) in [4.78, 5) is 6.97. The molecule has 1 fully saturated rings. The van der Waals surface area contributed by atoms with Gasteiger partial charge in [0.05, 0.1) is 5.52 Å². The third-order valence-electron chi connectivity index (χ3n) is 4.31. The van der Waals surface area contributed by atoms with Gasteiger partial charge in [0.1, 0.15) is 0 Å². The Balaban J connectivity index is 1.74. The van der Waals surface area contributed by atoms with E-state index in [1.807, 2.05) is 12.3 Å². The molecule has 0 spiro atoms. The summed E-state index contributed by atoms with van der Waals surface area (Å²) in [5.41, 5.74) is 3.55. The average molecular weight is 281 g/mol. The summed E-state index contributed by atoms with van der Waals surface area (Å²) in [6.45, 7) is 9.23. The first-order valence-corrected chi connectivity index (χ1v) is 7.72. The number of likely N-dealkylation sites (tertiary alicyclic amines) is 1. The number of hydrogen-bond donors (Lipinski definition) is 1. The first kappa shape index (κ1) is 14.1. The highest BCUT2D eigenvalue weighted by Crippen LogP contribution is 2.26. The molecule has 3 nitrogen and oxygen atoms in total. The molecular formula is C18H23N3. The van der Waals surface area contributed by atoms with Crippen molar-refractivity contribution in [3.05, 3.63) is 48.7 Å². The summed E-state index contributed by atoms with van der Waals surface area (Å²) in [7, 11) is 0. The molecule has 0 aliphatic carbocycles. The molecule has 0 amide bonds. The molecule has 0 unspecified atom stereocenters. The Kier molecular flexibility index (Phi) is 4.20. The van der Waals surface area contributed by atoms with Crippen LogP contribution in [0.25, 0.3) is 10.9 Å². The van der Waals surface area contributed by atoms with Gasteiger partial charge in [0.2, 0.25) is 0 Å². The van der Waals surface area contributed by atoms with Gasteiger partial charge >= 0.3 is 0 Å². The molecule has 0 bridgehead atoms. The zero-order valence-electron chi connectivity index (χ0n) is 12.7. The van der Waals surface area contributed by atoms with Crippen LogP contribution >= 0.6 is 0 Å². The maximum atomic E-state index is 4.51. The molecule has 1 aromatic carbocycles. The van der Waals surface area contributed by atoms with Gasteiger partial charge in [-0.3, -0.25) is 9.88 Å². The molecule has 0 saturated carbocycles. The second-order valence-corrected chi connectivity index (χ2v) is 5.84. The highest BCUT2D eigenvalue weighted by atomic mass is 15.1. The number of nitrogens with zero attached hydrogens (tertiary/aromatic N) is 2. The number of hydrogen-bond acceptors (Lipinski definition) is 3. The molecule has 0 atom stereocenters. The lowest BCUT2D eigenvalue weighted by Gasteiger charge is -2.32. The number of para-hydroxylation sites is 1. The molecule has 3 rings (SSSR count). The van der Waals surface area contributed by atoms with E-state index in [0.717, 1.165) is 25.2 Å². The summed E-state index contributed by atoms with van der Waals surface area (Å²) in [5.74, 6) is 0. The molecule has 1 aliphatic heterocycles. The third kappa shape index (κ3) is 3.08. The summed E-state index contributed by atoms with van der Waals surface area (Å²) in [6, 6.07) is 9.03. The summed E-state index contributed by atoms with van der Waals surface area (Å²) >= 11 is 0. The number of piperidine rings is 1. The predicted octanol–water partition coefficient (Wildman–Crippen LogP) is 3.61. The monoisotopic (exact) mass is 281 g/mol. The molecule has 2 heterocycles. The molecule has 1 N–H and O–H groups in total. The van der Waals surface area contributed by atoms with Crippen molar-refractivity contribution < 1.29 is 0 Å². The van der Waals surface area contributed by atoms with Crippen molar-refractivity contribution in [2.75, 3.05) is 25.0 Å². The van der Waals surface area contributed by atoms with Gasteiger partial charge in [-0.1, -0.05) is 24.3 Å². The Morgan fingerprint density at radius 3 is 2.90 bits per heavy atom. The fraction of sp³-hybridized carbons (Fsp3) is 0.389. The lowest BCUT2D eigenvalue weighted by Crippen LogP contribution is -2.39. The first-order chi connectivity index (χ1) is 10.3. The number of benzene rings is 1. The number of aryl methyl sites for hydroxylation is 1. The zero-order valence-corrected chi connectivity index (χ0v) is 12.7. The van der Waals surface area contributed by atoms with Gasteiger partial charge in [-0.2, -0.15) is 0 Å². The van der Waals surface area contributed by atoms with Gasteiger partial charge in [0, 0.05) is 42.9 Å². The van der Waals surface area contributed by atoms with E-state index >= 15 is 0 Å². The van der Waals surface area contributed by atoms with Crippen LogP contribution in [0.4, 0.5) is 5.69 Å². The number of rotatable bonds is 4. The fourth-order valence-electron chi connectivity index (χ4n) is 3.11. The lowest BCUT2D eigenvalue weighted by molar-refractivity contribution is 0.240. The number of aromatic nitrogens is 1. The van der Waals surface area contributed by atoms with Crippen LogP contribution in [-0.4, -0.2) is 35.6 Å². The van der Waals surface area contributed by atoms with E-state index < -0.39 is 0 Å². The van der Waals surface area contributed by atoms with E-state index in [2.05, 4.69) is 53.0 Å². The van der Waals surface area contributed by atoms with Crippen molar-refractivity contribution in [2.45, 2.75) is 25.8 Å². The van der Waals surface area contributed by atoms with Gasteiger partial charge in [-0.25, -0.2) is 0 Å². The van der Waals surface area contributed by atoms with Gasteiger partial charge < -0.3 is 5.32 Å². The van der Waals surface area contributed by atoms with Crippen molar-refractivity contribution in [1.29, 1.82) is 0 Å². The minimum Gasteiger partial charge on any atom is -0.382 e. The number of nitrogens with one attached hydrogen (secondary N) is 1. The number of anilines is 1. The molecule has 3 heteroatoms. The highest BCUT2D eigenvalue weighted by molar-refractivity contribution is 5.92. The number of fused-ring (bicyclic) bond motifs is 1. The highest BCUT2D eigenvalue weighted by Gasteiger charge is 2.18. The lowest BCUT2D eigenvalue weighted by atomic mass is 10.0. The molecule has 2 aromatic rings. The van der Waals surface area contributed by atoms with Crippen molar-refractivity contribution >= 4 is 16.6 Å².